The second kappa shape index (κ2) is 8.14. The summed E-state index contributed by atoms with van der Waals surface area (Å²) in [6, 6.07) is 13.1. The number of benzene rings is 2. The molecule has 1 aromatic heterocycles. The van der Waals surface area contributed by atoms with Crippen molar-refractivity contribution in [3.8, 4) is 17.1 Å². The Kier molecular flexibility index (Phi) is 5.68. The second-order valence-electron chi connectivity index (χ2n) is 5.75. The average molecular weight is 416 g/mol. The number of aryl methyl sites for hydroxylation is 2. The largest absolute Gasteiger partial charge is 0.497 e. The Morgan fingerprint density at radius 3 is 2.69 bits per heavy atom. The lowest BCUT2D eigenvalue weighted by Gasteiger charge is -2.07. The van der Waals surface area contributed by atoms with Gasteiger partial charge < -0.3 is 14.6 Å². The minimum Gasteiger partial charge on any atom is -0.497 e. The van der Waals surface area contributed by atoms with E-state index >= 15 is 0 Å². The maximum absolute atomic E-state index is 12.1. The molecule has 0 unspecified atom stereocenters. The van der Waals surface area contributed by atoms with Crippen LogP contribution in [0.15, 0.2) is 51.5 Å². The molecule has 0 radical (unpaired) electrons. The lowest BCUT2D eigenvalue weighted by atomic mass is 10.2. The Bertz CT molecular complexity index is 907. The summed E-state index contributed by atoms with van der Waals surface area (Å²) in [7, 11) is 1.61. The molecule has 3 rings (SSSR count). The standard InChI is InChI=1S/C19H18BrN3O3/c1-12-11-14(20)5-8-16(12)21-17(24)9-10-18-22-19(23-26-18)13-3-6-15(25-2)7-4-13/h3-8,11H,9-10H2,1-2H3,(H,21,24). The number of carbonyl (C=O) groups is 1. The molecule has 0 atom stereocenters. The minimum absolute atomic E-state index is 0.0976. The first-order valence-corrected chi connectivity index (χ1v) is 8.87. The van der Waals surface area contributed by atoms with E-state index in [1.807, 2.05) is 49.4 Å². The van der Waals surface area contributed by atoms with Gasteiger partial charge in [0.1, 0.15) is 5.75 Å². The van der Waals surface area contributed by atoms with Gasteiger partial charge in [-0.3, -0.25) is 4.79 Å². The number of aromatic nitrogens is 2. The zero-order chi connectivity index (χ0) is 18.5. The maximum atomic E-state index is 12.1. The van der Waals surface area contributed by atoms with Crippen LogP contribution < -0.4 is 10.1 Å². The first kappa shape index (κ1) is 18.1. The summed E-state index contributed by atoms with van der Waals surface area (Å²) in [4.78, 5) is 16.5. The molecule has 134 valence electrons. The average Bonchev–Trinajstić information content (AvgIpc) is 3.11. The highest BCUT2D eigenvalue weighted by atomic mass is 79.9. The maximum Gasteiger partial charge on any atom is 0.227 e. The van der Waals surface area contributed by atoms with Crippen LogP contribution >= 0.6 is 15.9 Å². The number of rotatable bonds is 6. The first-order valence-electron chi connectivity index (χ1n) is 8.08. The van der Waals surface area contributed by atoms with Crippen molar-refractivity contribution in [1.29, 1.82) is 0 Å². The quantitative estimate of drug-likeness (QED) is 0.645. The monoisotopic (exact) mass is 415 g/mol. The molecule has 0 aliphatic heterocycles. The van der Waals surface area contributed by atoms with Gasteiger partial charge in [-0.1, -0.05) is 21.1 Å². The number of carbonyl (C=O) groups excluding carboxylic acids is 1. The van der Waals surface area contributed by atoms with Gasteiger partial charge in [-0.2, -0.15) is 4.98 Å². The smallest absolute Gasteiger partial charge is 0.227 e. The van der Waals surface area contributed by atoms with E-state index in [1.165, 1.54) is 0 Å². The molecule has 7 heteroatoms. The highest BCUT2D eigenvalue weighted by Gasteiger charge is 2.11. The van der Waals surface area contributed by atoms with Crippen LogP contribution in [-0.4, -0.2) is 23.2 Å². The van der Waals surface area contributed by atoms with Crippen molar-refractivity contribution in [3.63, 3.8) is 0 Å². The molecule has 0 aliphatic carbocycles. The van der Waals surface area contributed by atoms with Crippen LogP contribution in [0.2, 0.25) is 0 Å². The molecule has 6 nitrogen and oxygen atoms in total. The lowest BCUT2D eigenvalue weighted by Crippen LogP contribution is -2.13. The van der Waals surface area contributed by atoms with E-state index in [2.05, 4.69) is 31.4 Å². The third-order valence-corrected chi connectivity index (χ3v) is 4.34. The fraction of sp³-hybridized carbons (Fsp3) is 0.211. The highest BCUT2D eigenvalue weighted by Crippen LogP contribution is 2.21. The summed E-state index contributed by atoms with van der Waals surface area (Å²) in [5.74, 6) is 1.59. The van der Waals surface area contributed by atoms with Crippen molar-refractivity contribution in [2.75, 3.05) is 12.4 Å². The van der Waals surface area contributed by atoms with E-state index in [1.54, 1.807) is 7.11 Å². The fourth-order valence-corrected chi connectivity index (χ4v) is 2.89. The van der Waals surface area contributed by atoms with Crippen LogP contribution in [0.1, 0.15) is 17.9 Å². The van der Waals surface area contributed by atoms with Gasteiger partial charge in [0.25, 0.3) is 0 Å². The first-order chi connectivity index (χ1) is 12.5. The predicted molar refractivity (Wildman–Crippen MR) is 102 cm³/mol. The van der Waals surface area contributed by atoms with Gasteiger partial charge in [0.2, 0.25) is 17.6 Å². The normalized spacial score (nSPS) is 10.6. The Morgan fingerprint density at radius 1 is 1.23 bits per heavy atom. The second-order valence-corrected chi connectivity index (χ2v) is 6.66. The van der Waals surface area contributed by atoms with E-state index in [0.717, 1.165) is 27.0 Å². The molecule has 0 fully saturated rings. The van der Waals surface area contributed by atoms with E-state index in [0.29, 0.717) is 18.1 Å². The lowest BCUT2D eigenvalue weighted by molar-refractivity contribution is -0.116. The fourth-order valence-electron chi connectivity index (χ4n) is 2.41. The topological polar surface area (TPSA) is 77.2 Å². The number of halogens is 1. The zero-order valence-corrected chi connectivity index (χ0v) is 16.0. The Hall–Kier alpha value is -2.67. The molecule has 0 saturated carbocycles. The molecular formula is C19H18BrN3O3. The molecule has 3 aromatic rings. The number of ether oxygens (including phenoxy) is 1. The van der Waals surface area contributed by atoms with Crippen LogP contribution in [-0.2, 0) is 11.2 Å². The number of anilines is 1. The van der Waals surface area contributed by atoms with Crippen molar-refractivity contribution >= 4 is 27.5 Å². The van der Waals surface area contributed by atoms with Gasteiger partial charge in [0.05, 0.1) is 7.11 Å². The van der Waals surface area contributed by atoms with Crippen LogP contribution in [0.3, 0.4) is 0 Å². The number of methoxy groups -OCH3 is 1. The number of nitrogens with zero attached hydrogens (tertiary/aromatic N) is 2. The summed E-state index contributed by atoms with van der Waals surface area (Å²) in [6.45, 7) is 1.94. The Morgan fingerprint density at radius 2 is 2.00 bits per heavy atom. The zero-order valence-electron chi connectivity index (χ0n) is 14.5. The third kappa shape index (κ3) is 4.49. The van der Waals surface area contributed by atoms with Crippen LogP contribution in [0, 0.1) is 6.92 Å². The Balaban J connectivity index is 1.58. The van der Waals surface area contributed by atoms with E-state index in [4.69, 9.17) is 9.26 Å². The molecule has 2 aromatic carbocycles. The SMILES string of the molecule is COc1ccc(-c2noc(CCC(=O)Nc3ccc(Br)cc3C)n2)cc1. The van der Waals surface area contributed by atoms with E-state index in [-0.39, 0.29) is 12.3 Å². The van der Waals surface area contributed by atoms with Gasteiger partial charge in [-0.05, 0) is 55.0 Å². The van der Waals surface area contributed by atoms with Crippen molar-refractivity contribution in [1.82, 2.24) is 10.1 Å². The van der Waals surface area contributed by atoms with Crippen LogP contribution in [0.4, 0.5) is 5.69 Å². The predicted octanol–water partition coefficient (Wildman–Crippen LogP) is 4.39. The Labute approximate surface area is 159 Å². The number of amides is 1. The summed E-state index contributed by atoms with van der Waals surface area (Å²) >= 11 is 3.41. The van der Waals surface area contributed by atoms with Crippen LogP contribution in [0.25, 0.3) is 11.4 Å². The number of hydrogen-bond donors (Lipinski definition) is 1. The van der Waals surface area contributed by atoms with Gasteiger partial charge in [-0.25, -0.2) is 0 Å². The minimum atomic E-state index is -0.0976. The van der Waals surface area contributed by atoms with Gasteiger partial charge in [0, 0.05) is 28.6 Å². The molecule has 0 bridgehead atoms. The summed E-state index contributed by atoms with van der Waals surface area (Å²) < 4.78 is 11.3. The summed E-state index contributed by atoms with van der Waals surface area (Å²) in [6.07, 6.45) is 0.643. The van der Waals surface area contributed by atoms with Crippen molar-refractivity contribution < 1.29 is 14.1 Å². The summed E-state index contributed by atoms with van der Waals surface area (Å²) in [5.41, 5.74) is 2.62. The third-order valence-electron chi connectivity index (χ3n) is 3.84. The van der Waals surface area contributed by atoms with Gasteiger partial charge in [0.15, 0.2) is 0 Å². The number of hydrogen-bond acceptors (Lipinski definition) is 5. The van der Waals surface area contributed by atoms with Crippen LogP contribution in [0.5, 0.6) is 5.75 Å². The molecule has 26 heavy (non-hydrogen) atoms. The van der Waals surface area contributed by atoms with Crippen molar-refractivity contribution in [3.05, 3.63) is 58.4 Å². The van der Waals surface area contributed by atoms with Crippen molar-refractivity contribution in [2.24, 2.45) is 0 Å². The molecular weight excluding hydrogens is 398 g/mol. The van der Waals surface area contributed by atoms with Gasteiger partial charge >= 0.3 is 0 Å². The molecule has 0 aliphatic rings. The summed E-state index contributed by atoms with van der Waals surface area (Å²) in [5, 5.41) is 6.86. The molecule has 1 heterocycles. The van der Waals surface area contributed by atoms with E-state index in [9.17, 15) is 4.79 Å². The molecule has 0 saturated heterocycles. The molecule has 1 amide bonds. The number of nitrogens with one attached hydrogen (secondary N) is 1. The van der Waals surface area contributed by atoms with E-state index < -0.39 is 0 Å². The van der Waals surface area contributed by atoms with Gasteiger partial charge in [-0.15, -0.1) is 0 Å². The highest BCUT2D eigenvalue weighted by molar-refractivity contribution is 9.10. The molecule has 0 spiro atoms. The molecule has 1 N–H and O–H groups in total. The van der Waals surface area contributed by atoms with Crippen molar-refractivity contribution in [2.45, 2.75) is 19.8 Å².